The molecule has 2 nitrogen and oxygen atoms in total. The highest BCUT2D eigenvalue weighted by atomic mass is 35.5. The van der Waals surface area contributed by atoms with E-state index in [1.165, 1.54) is 5.56 Å². The molecule has 0 saturated heterocycles. The number of nitrogens with two attached hydrogens (primary N) is 1. The van der Waals surface area contributed by atoms with Crippen LogP contribution in [0.3, 0.4) is 0 Å². The molecule has 0 aliphatic rings. The van der Waals surface area contributed by atoms with Gasteiger partial charge in [0.15, 0.2) is 0 Å². The lowest BCUT2D eigenvalue weighted by atomic mass is 10.1. The van der Waals surface area contributed by atoms with E-state index in [1.807, 2.05) is 19.1 Å². The second kappa shape index (κ2) is 5.26. The number of hydrogen-bond acceptors (Lipinski definition) is 3. The summed E-state index contributed by atoms with van der Waals surface area (Å²) in [5, 5.41) is 3.14. The minimum atomic E-state index is 0. The first kappa shape index (κ1) is 12.2. The van der Waals surface area contributed by atoms with Gasteiger partial charge < -0.3 is 5.73 Å². The van der Waals surface area contributed by atoms with Crippen LogP contribution in [0.4, 0.5) is 0 Å². The average molecular weight is 241 g/mol. The molecule has 0 radical (unpaired) electrons. The molecule has 15 heavy (non-hydrogen) atoms. The number of aromatic nitrogens is 1. The van der Waals surface area contributed by atoms with E-state index < -0.39 is 0 Å². The Balaban J connectivity index is 0.00000112. The van der Waals surface area contributed by atoms with Crippen LogP contribution in [0.5, 0.6) is 0 Å². The summed E-state index contributed by atoms with van der Waals surface area (Å²) >= 11 is 1.67. The molecule has 4 heteroatoms. The number of benzene rings is 1. The molecule has 0 atom stereocenters. The van der Waals surface area contributed by atoms with Crippen molar-refractivity contribution in [2.75, 3.05) is 0 Å². The summed E-state index contributed by atoms with van der Waals surface area (Å²) in [7, 11) is 0. The second-order valence-electron chi connectivity index (χ2n) is 3.20. The van der Waals surface area contributed by atoms with E-state index in [1.54, 1.807) is 11.3 Å². The molecule has 2 rings (SSSR count). The first-order valence-corrected chi connectivity index (χ1v) is 5.39. The van der Waals surface area contributed by atoms with Crippen molar-refractivity contribution in [1.29, 1.82) is 0 Å². The van der Waals surface area contributed by atoms with Crippen molar-refractivity contribution >= 4 is 23.7 Å². The highest BCUT2D eigenvalue weighted by Crippen LogP contribution is 2.23. The molecule has 0 amide bonds. The molecule has 1 aromatic carbocycles. The molecule has 0 bridgehead atoms. The van der Waals surface area contributed by atoms with E-state index in [0.717, 1.165) is 16.3 Å². The Kier molecular flexibility index (Phi) is 4.27. The smallest absolute Gasteiger partial charge is 0.123 e. The monoisotopic (exact) mass is 240 g/mol. The highest BCUT2D eigenvalue weighted by molar-refractivity contribution is 7.13. The largest absolute Gasteiger partial charge is 0.326 e. The number of hydrogen-bond donors (Lipinski definition) is 1. The lowest BCUT2D eigenvalue weighted by Gasteiger charge is -1.98. The van der Waals surface area contributed by atoms with E-state index >= 15 is 0 Å². The molecular weight excluding hydrogens is 228 g/mol. The van der Waals surface area contributed by atoms with E-state index in [0.29, 0.717) is 6.54 Å². The number of aryl methyl sites for hydroxylation is 1. The summed E-state index contributed by atoms with van der Waals surface area (Å²) in [4.78, 5) is 4.42. The Morgan fingerprint density at radius 2 is 1.93 bits per heavy atom. The summed E-state index contributed by atoms with van der Waals surface area (Å²) in [6.07, 6.45) is 0. The summed E-state index contributed by atoms with van der Waals surface area (Å²) in [5.41, 5.74) is 8.93. The van der Waals surface area contributed by atoms with Gasteiger partial charge in [-0.15, -0.1) is 23.7 Å². The summed E-state index contributed by atoms with van der Waals surface area (Å²) in [6.45, 7) is 2.60. The number of nitrogens with zero attached hydrogens (tertiary/aromatic N) is 1. The van der Waals surface area contributed by atoms with Crippen LogP contribution in [0.1, 0.15) is 11.3 Å². The molecule has 0 aliphatic heterocycles. The zero-order chi connectivity index (χ0) is 9.97. The van der Waals surface area contributed by atoms with Gasteiger partial charge in [-0.2, -0.15) is 0 Å². The fourth-order valence-electron chi connectivity index (χ4n) is 1.27. The number of rotatable bonds is 2. The Labute approximate surface area is 99.6 Å². The molecule has 2 N–H and O–H groups in total. The second-order valence-corrected chi connectivity index (χ2v) is 4.05. The van der Waals surface area contributed by atoms with Crippen molar-refractivity contribution in [3.8, 4) is 10.6 Å². The van der Waals surface area contributed by atoms with Gasteiger partial charge in [0.05, 0.1) is 0 Å². The molecule has 0 aliphatic carbocycles. The molecule has 1 aromatic heterocycles. The van der Waals surface area contributed by atoms with Crippen LogP contribution in [0.25, 0.3) is 10.6 Å². The first-order valence-electron chi connectivity index (χ1n) is 4.51. The van der Waals surface area contributed by atoms with Crippen molar-refractivity contribution in [2.45, 2.75) is 13.5 Å². The van der Waals surface area contributed by atoms with Crippen LogP contribution in [-0.2, 0) is 6.54 Å². The predicted molar refractivity (Wildman–Crippen MR) is 67.4 cm³/mol. The Hall–Kier alpha value is -0.900. The molecule has 2 aromatic rings. The van der Waals surface area contributed by atoms with Gasteiger partial charge in [0.25, 0.3) is 0 Å². The molecule has 0 spiro atoms. The van der Waals surface area contributed by atoms with Gasteiger partial charge in [-0.1, -0.05) is 24.3 Å². The molecular formula is C11H13ClN2S. The molecule has 1 heterocycles. The highest BCUT2D eigenvalue weighted by Gasteiger charge is 2.01. The van der Waals surface area contributed by atoms with Crippen LogP contribution < -0.4 is 5.73 Å². The summed E-state index contributed by atoms with van der Waals surface area (Å²) < 4.78 is 0. The van der Waals surface area contributed by atoms with Gasteiger partial charge >= 0.3 is 0 Å². The van der Waals surface area contributed by atoms with E-state index in [4.69, 9.17) is 5.73 Å². The van der Waals surface area contributed by atoms with Gasteiger partial charge in [-0.05, 0) is 12.5 Å². The van der Waals surface area contributed by atoms with Crippen molar-refractivity contribution in [1.82, 2.24) is 4.98 Å². The quantitative estimate of drug-likeness (QED) is 0.877. The Morgan fingerprint density at radius 1 is 1.27 bits per heavy atom. The van der Waals surface area contributed by atoms with Gasteiger partial charge in [0.2, 0.25) is 0 Å². The van der Waals surface area contributed by atoms with Crippen LogP contribution in [0.2, 0.25) is 0 Å². The lowest BCUT2D eigenvalue weighted by molar-refractivity contribution is 1.07. The Morgan fingerprint density at radius 3 is 2.40 bits per heavy atom. The van der Waals surface area contributed by atoms with E-state index in [-0.39, 0.29) is 12.4 Å². The van der Waals surface area contributed by atoms with Crippen molar-refractivity contribution < 1.29 is 0 Å². The standard InChI is InChI=1S/C11H12N2S.ClH/c1-8-7-14-11(13-8)10-4-2-9(6-12)3-5-10;/h2-5,7H,6,12H2,1H3;1H. The molecule has 0 saturated carbocycles. The van der Waals surface area contributed by atoms with Crippen LogP contribution in [-0.4, -0.2) is 4.98 Å². The van der Waals surface area contributed by atoms with Gasteiger partial charge in [-0.3, -0.25) is 0 Å². The SMILES string of the molecule is Cc1csc(-c2ccc(CN)cc2)n1.Cl. The third-order valence-electron chi connectivity index (χ3n) is 2.06. The fraction of sp³-hybridized carbons (Fsp3) is 0.182. The summed E-state index contributed by atoms with van der Waals surface area (Å²) in [6, 6.07) is 8.24. The maximum atomic E-state index is 5.53. The molecule has 0 unspecified atom stereocenters. The average Bonchev–Trinajstić information content (AvgIpc) is 2.65. The molecule has 80 valence electrons. The van der Waals surface area contributed by atoms with Crippen molar-refractivity contribution in [3.63, 3.8) is 0 Å². The van der Waals surface area contributed by atoms with Crippen LogP contribution in [0, 0.1) is 6.92 Å². The van der Waals surface area contributed by atoms with E-state index in [2.05, 4.69) is 22.5 Å². The topological polar surface area (TPSA) is 38.9 Å². The summed E-state index contributed by atoms with van der Waals surface area (Å²) in [5.74, 6) is 0. The normalized spacial score (nSPS) is 9.73. The predicted octanol–water partition coefficient (Wildman–Crippen LogP) is 3.00. The number of thiazole rings is 1. The minimum Gasteiger partial charge on any atom is -0.326 e. The van der Waals surface area contributed by atoms with Gasteiger partial charge in [0.1, 0.15) is 5.01 Å². The zero-order valence-electron chi connectivity index (χ0n) is 8.43. The van der Waals surface area contributed by atoms with Crippen molar-refractivity contribution in [3.05, 3.63) is 40.9 Å². The maximum Gasteiger partial charge on any atom is 0.123 e. The zero-order valence-corrected chi connectivity index (χ0v) is 10.1. The number of halogens is 1. The van der Waals surface area contributed by atoms with Crippen LogP contribution >= 0.6 is 23.7 Å². The maximum absolute atomic E-state index is 5.53. The van der Waals surface area contributed by atoms with Gasteiger partial charge in [-0.25, -0.2) is 4.98 Å². The molecule has 0 fully saturated rings. The lowest BCUT2D eigenvalue weighted by Crippen LogP contribution is -1.95. The first-order chi connectivity index (χ1) is 6.79. The third-order valence-corrected chi connectivity index (χ3v) is 3.06. The Bertz CT molecular complexity index is 422. The fourth-order valence-corrected chi connectivity index (χ4v) is 2.07. The third kappa shape index (κ3) is 2.78. The minimum absolute atomic E-state index is 0. The van der Waals surface area contributed by atoms with Gasteiger partial charge in [0, 0.05) is 23.2 Å². The van der Waals surface area contributed by atoms with Crippen LogP contribution in [0.15, 0.2) is 29.6 Å². The van der Waals surface area contributed by atoms with Crippen molar-refractivity contribution in [2.24, 2.45) is 5.73 Å². The van der Waals surface area contributed by atoms with E-state index in [9.17, 15) is 0 Å².